The molecule has 1 aromatic carbocycles. The molecule has 2 heterocycles. The second-order valence-electron chi connectivity index (χ2n) is 10.6. The lowest BCUT2D eigenvalue weighted by molar-refractivity contribution is -0.0729. The van der Waals surface area contributed by atoms with Crippen LogP contribution in [0, 0.1) is 23.2 Å². The highest BCUT2D eigenvalue weighted by Crippen LogP contribution is 2.52. The van der Waals surface area contributed by atoms with Crippen molar-refractivity contribution < 1.29 is 9.53 Å². The third kappa shape index (κ3) is 4.64. The third-order valence-electron chi connectivity index (χ3n) is 7.10. The number of amides is 1. The molecule has 5 heteroatoms. The lowest BCUT2D eigenvalue weighted by Gasteiger charge is -2.56. The first-order valence-electron chi connectivity index (χ1n) is 11.4. The van der Waals surface area contributed by atoms with Crippen LogP contribution < -0.4 is 0 Å². The summed E-state index contributed by atoms with van der Waals surface area (Å²) in [5.74, 6) is 2.41. The summed E-state index contributed by atoms with van der Waals surface area (Å²) in [6.07, 6.45) is 5.31. The van der Waals surface area contributed by atoms with Crippen molar-refractivity contribution in [2.24, 2.45) is 11.8 Å². The van der Waals surface area contributed by atoms with Crippen molar-refractivity contribution in [3.8, 4) is 6.07 Å². The van der Waals surface area contributed by atoms with Gasteiger partial charge in [0.25, 0.3) is 0 Å². The molecule has 1 aliphatic carbocycles. The van der Waals surface area contributed by atoms with Crippen molar-refractivity contribution in [3.63, 3.8) is 0 Å². The van der Waals surface area contributed by atoms with E-state index in [2.05, 4.69) is 41.3 Å². The van der Waals surface area contributed by atoms with Gasteiger partial charge in [0.15, 0.2) is 0 Å². The summed E-state index contributed by atoms with van der Waals surface area (Å²) in [5, 5.41) is 9.41. The Morgan fingerprint density at radius 1 is 1.20 bits per heavy atom. The molecule has 1 unspecified atom stereocenters. The standard InChI is InChI=1S/C25H35N3O2/c1-24(2,3)30-23(29)27-17-25(18-27,11-12-26)28-13-9-19(10-14-28)15-21-16-22(21)20-7-5-4-6-8-20/h4-8,19,21-22H,9-11,13-18H2,1-3H3/t21-,22?/m1/s1. The minimum Gasteiger partial charge on any atom is -0.444 e. The molecule has 1 amide bonds. The zero-order valence-corrected chi connectivity index (χ0v) is 18.6. The minimum atomic E-state index is -0.483. The molecule has 0 bridgehead atoms. The molecule has 1 aromatic rings. The van der Waals surface area contributed by atoms with Gasteiger partial charge in [-0.1, -0.05) is 30.3 Å². The molecule has 2 aliphatic heterocycles. The summed E-state index contributed by atoms with van der Waals surface area (Å²) in [6, 6.07) is 13.3. The van der Waals surface area contributed by atoms with Gasteiger partial charge in [-0.05, 0) is 82.9 Å². The zero-order chi connectivity index (χ0) is 21.4. The highest BCUT2D eigenvalue weighted by molar-refractivity contribution is 5.70. The normalized spacial score (nSPS) is 26.5. The molecule has 3 fully saturated rings. The van der Waals surface area contributed by atoms with Crippen LogP contribution in [0.25, 0.3) is 0 Å². The third-order valence-corrected chi connectivity index (χ3v) is 7.10. The van der Waals surface area contributed by atoms with Crippen LogP contribution in [0.2, 0.25) is 0 Å². The number of ether oxygens (including phenoxy) is 1. The van der Waals surface area contributed by atoms with Crippen LogP contribution in [0.3, 0.4) is 0 Å². The molecule has 162 valence electrons. The predicted molar refractivity (Wildman–Crippen MR) is 117 cm³/mol. The fourth-order valence-electron chi connectivity index (χ4n) is 5.38. The van der Waals surface area contributed by atoms with Gasteiger partial charge in [0.2, 0.25) is 0 Å². The summed E-state index contributed by atoms with van der Waals surface area (Å²) in [6.45, 7) is 8.97. The average Bonchev–Trinajstić information content (AvgIpc) is 3.43. The molecule has 3 aliphatic rings. The summed E-state index contributed by atoms with van der Waals surface area (Å²) in [7, 11) is 0. The number of benzene rings is 1. The number of carbonyl (C=O) groups excluding carboxylic acids is 1. The summed E-state index contributed by atoms with van der Waals surface area (Å²) >= 11 is 0. The number of rotatable bonds is 5. The first-order valence-corrected chi connectivity index (χ1v) is 11.4. The van der Waals surface area contributed by atoms with Crippen LogP contribution in [-0.2, 0) is 4.74 Å². The molecule has 0 spiro atoms. The molecule has 5 nitrogen and oxygen atoms in total. The quantitative estimate of drug-likeness (QED) is 0.701. The van der Waals surface area contributed by atoms with Crippen molar-refractivity contribution in [3.05, 3.63) is 35.9 Å². The highest BCUT2D eigenvalue weighted by Gasteiger charge is 2.51. The Bertz CT molecular complexity index is 781. The molecule has 2 atom stereocenters. The first kappa shape index (κ1) is 21.2. The Morgan fingerprint density at radius 2 is 1.87 bits per heavy atom. The molecule has 0 aromatic heterocycles. The molecule has 30 heavy (non-hydrogen) atoms. The van der Waals surface area contributed by atoms with Gasteiger partial charge in [-0.2, -0.15) is 5.26 Å². The van der Waals surface area contributed by atoms with Crippen LogP contribution in [0.5, 0.6) is 0 Å². The predicted octanol–water partition coefficient (Wildman–Crippen LogP) is 4.80. The van der Waals surface area contributed by atoms with Crippen LogP contribution in [-0.4, -0.2) is 53.2 Å². The fourth-order valence-corrected chi connectivity index (χ4v) is 5.38. The summed E-state index contributed by atoms with van der Waals surface area (Å²) < 4.78 is 5.50. The summed E-state index contributed by atoms with van der Waals surface area (Å²) in [5.41, 5.74) is 0.844. The van der Waals surface area contributed by atoms with Crippen molar-refractivity contribution in [2.45, 2.75) is 69.9 Å². The highest BCUT2D eigenvalue weighted by atomic mass is 16.6. The van der Waals surface area contributed by atoms with Crippen molar-refractivity contribution >= 4 is 6.09 Å². The van der Waals surface area contributed by atoms with E-state index in [0.29, 0.717) is 19.5 Å². The topological polar surface area (TPSA) is 56.6 Å². The number of nitrogens with zero attached hydrogens (tertiary/aromatic N) is 3. The SMILES string of the molecule is CC(C)(C)OC(=O)N1CC(CC#N)(N2CCC(C[C@@H]3CC3c3ccccc3)CC2)C1. The van der Waals surface area contributed by atoms with Gasteiger partial charge >= 0.3 is 6.09 Å². The van der Waals surface area contributed by atoms with Crippen molar-refractivity contribution in [1.82, 2.24) is 9.80 Å². The van der Waals surface area contributed by atoms with Crippen molar-refractivity contribution in [2.75, 3.05) is 26.2 Å². The number of piperidine rings is 1. The smallest absolute Gasteiger partial charge is 0.410 e. The van der Waals surface area contributed by atoms with Crippen LogP contribution >= 0.6 is 0 Å². The average molecular weight is 410 g/mol. The van der Waals surface area contributed by atoms with E-state index in [1.807, 2.05) is 20.8 Å². The summed E-state index contributed by atoms with van der Waals surface area (Å²) in [4.78, 5) is 16.6. The number of likely N-dealkylation sites (tertiary alicyclic amines) is 2. The Morgan fingerprint density at radius 3 is 2.47 bits per heavy atom. The maximum Gasteiger partial charge on any atom is 0.410 e. The monoisotopic (exact) mass is 409 g/mol. The molecule has 2 saturated heterocycles. The van der Waals surface area contributed by atoms with Gasteiger partial charge in [0.05, 0.1) is 18.0 Å². The van der Waals surface area contributed by atoms with Gasteiger partial charge < -0.3 is 9.64 Å². The van der Waals surface area contributed by atoms with E-state index in [-0.39, 0.29) is 11.6 Å². The van der Waals surface area contributed by atoms with E-state index in [9.17, 15) is 10.1 Å². The van der Waals surface area contributed by atoms with Gasteiger partial charge in [0, 0.05) is 13.1 Å². The van der Waals surface area contributed by atoms with E-state index in [4.69, 9.17) is 4.74 Å². The van der Waals surface area contributed by atoms with Crippen molar-refractivity contribution in [1.29, 1.82) is 5.26 Å². The second-order valence-corrected chi connectivity index (χ2v) is 10.6. The van der Waals surface area contributed by atoms with Crippen LogP contribution in [0.4, 0.5) is 4.79 Å². The largest absolute Gasteiger partial charge is 0.444 e. The Hall–Kier alpha value is -2.06. The number of hydrogen-bond donors (Lipinski definition) is 0. The van der Waals surface area contributed by atoms with E-state index < -0.39 is 5.60 Å². The lowest BCUT2D eigenvalue weighted by atomic mass is 9.81. The molecule has 0 radical (unpaired) electrons. The zero-order valence-electron chi connectivity index (χ0n) is 18.6. The molecule has 0 N–H and O–H groups in total. The van der Waals surface area contributed by atoms with E-state index in [1.165, 1.54) is 31.2 Å². The Labute approximate surface area is 181 Å². The van der Waals surface area contributed by atoms with Crippen LogP contribution in [0.15, 0.2) is 30.3 Å². The van der Waals surface area contributed by atoms with E-state index in [1.54, 1.807) is 4.90 Å². The molecule has 4 rings (SSSR count). The fraction of sp³-hybridized carbons (Fsp3) is 0.680. The number of nitriles is 1. The minimum absolute atomic E-state index is 0.178. The van der Waals surface area contributed by atoms with Gasteiger partial charge in [-0.25, -0.2) is 4.79 Å². The molecular formula is C25H35N3O2. The molecular weight excluding hydrogens is 374 g/mol. The van der Waals surface area contributed by atoms with E-state index >= 15 is 0 Å². The Kier molecular flexibility index (Phi) is 5.81. The lowest BCUT2D eigenvalue weighted by Crippen LogP contribution is -2.72. The van der Waals surface area contributed by atoms with Gasteiger partial charge in [-0.15, -0.1) is 0 Å². The number of hydrogen-bond acceptors (Lipinski definition) is 4. The first-order chi connectivity index (χ1) is 14.3. The maximum atomic E-state index is 12.3. The molecule has 1 saturated carbocycles. The van der Waals surface area contributed by atoms with Gasteiger partial charge in [0.1, 0.15) is 5.60 Å². The van der Waals surface area contributed by atoms with Gasteiger partial charge in [-0.3, -0.25) is 4.90 Å². The Balaban J connectivity index is 1.26. The maximum absolute atomic E-state index is 12.3. The number of carbonyl (C=O) groups is 1. The van der Waals surface area contributed by atoms with E-state index in [0.717, 1.165) is 30.8 Å². The van der Waals surface area contributed by atoms with Crippen LogP contribution in [0.1, 0.15) is 64.4 Å². The second kappa shape index (κ2) is 8.23.